The highest BCUT2D eigenvalue weighted by Gasteiger charge is 2.13. The van der Waals surface area contributed by atoms with E-state index in [9.17, 15) is 9.59 Å². The molecule has 0 aromatic rings. The lowest BCUT2D eigenvalue weighted by molar-refractivity contribution is -0.150. The van der Waals surface area contributed by atoms with Crippen LogP contribution in [-0.2, 0) is 14.3 Å². The lowest BCUT2D eigenvalue weighted by Crippen LogP contribution is -2.18. The highest BCUT2D eigenvalue weighted by atomic mass is 16.5. The number of ether oxygens (including phenoxy) is 1. The molecule has 0 heterocycles. The summed E-state index contributed by atoms with van der Waals surface area (Å²) in [6.45, 7) is 4.46. The lowest BCUT2D eigenvalue weighted by atomic mass is 10.0. The SMILES string of the molecule is CCCCCCCC/C=C\CCCCCCCCCCCCCC(=O)OC(CCC)CCCCCCCCCCCC(=O)O. The molecular formula is C40H76O4. The van der Waals surface area contributed by atoms with Crippen LogP contribution >= 0.6 is 0 Å². The standard InChI is InChI=1S/C40H76O4/c1-3-5-6-7-8-9-10-11-12-13-14-15-16-17-18-19-20-24-27-30-33-37-40(43)44-38(34-4-2)35-31-28-25-22-21-23-26-29-32-36-39(41)42/h11-12,38H,3-10,13-37H2,1-2H3,(H,41,42)/b12-11-. The van der Waals surface area contributed by atoms with E-state index >= 15 is 0 Å². The number of carboxylic acid groups (broad SMARTS) is 1. The van der Waals surface area contributed by atoms with E-state index in [1.807, 2.05) is 0 Å². The van der Waals surface area contributed by atoms with Crippen LogP contribution < -0.4 is 0 Å². The summed E-state index contributed by atoms with van der Waals surface area (Å²) in [5, 5.41) is 8.67. The molecule has 0 aliphatic rings. The van der Waals surface area contributed by atoms with Crippen LogP contribution in [0.2, 0.25) is 0 Å². The zero-order valence-electron chi connectivity index (χ0n) is 29.7. The molecule has 0 saturated carbocycles. The number of allylic oxidation sites excluding steroid dienone is 2. The summed E-state index contributed by atoms with van der Waals surface area (Å²) in [6, 6.07) is 0. The zero-order chi connectivity index (χ0) is 32.2. The van der Waals surface area contributed by atoms with Crippen LogP contribution in [0.3, 0.4) is 0 Å². The summed E-state index contributed by atoms with van der Waals surface area (Å²) < 4.78 is 5.85. The summed E-state index contributed by atoms with van der Waals surface area (Å²) in [4.78, 5) is 22.9. The molecule has 0 aromatic carbocycles. The Morgan fingerprint density at radius 1 is 0.477 bits per heavy atom. The Labute approximate surface area is 275 Å². The van der Waals surface area contributed by atoms with Gasteiger partial charge in [0.05, 0.1) is 0 Å². The van der Waals surface area contributed by atoms with E-state index in [1.54, 1.807) is 0 Å². The van der Waals surface area contributed by atoms with E-state index in [1.165, 1.54) is 141 Å². The Bertz CT molecular complexity index is 629. The molecule has 4 heteroatoms. The van der Waals surface area contributed by atoms with Crippen LogP contribution in [-0.4, -0.2) is 23.1 Å². The first-order valence-corrected chi connectivity index (χ1v) is 19.7. The highest BCUT2D eigenvalue weighted by molar-refractivity contribution is 5.69. The molecule has 0 radical (unpaired) electrons. The molecule has 0 fully saturated rings. The maximum atomic E-state index is 12.4. The normalized spacial score (nSPS) is 12.2. The van der Waals surface area contributed by atoms with Gasteiger partial charge >= 0.3 is 11.9 Å². The number of hydrogen-bond donors (Lipinski definition) is 1. The number of carboxylic acids is 1. The fraction of sp³-hybridized carbons (Fsp3) is 0.900. The first kappa shape index (κ1) is 42.7. The molecule has 1 atom stereocenters. The molecule has 1 unspecified atom stereocenters. The summed E-state index contributed by atoms with van der Waals surface area (Å²) >= 11 is 0. The number of carbonyl (C=O) groups is 2. The van der Waals surface area contributed by atoms with Crippen molar-refractivity contribution in [2.45, 2.75) is 232 Å². The Balaban J connectivity index is 3.48. The maximum absolute atomic E-state index is 12.4. The molecular weight excluding hydrogens is 544 g/mol. The zero-order valence-corrected chi connectivity index (χ0v) is 29.7. The molecule has 0 bridgehead atoms. The van der Waals surface area contributed by atoms with Crippen LogP contribution in [0, 0.1) is 0 Å². The van der Waals surface area contributed by atoms with Gasteiger partial charge in [-0.25, -0.2) is 0 Å². The fourth-order valence-electron chi connectivity index (χ4n) is 6.12. The molecule has 0 aliphatic heterocycles. The van der Waals surface area contributed by atoms with E-state index in [0.29, 0.717) is 12.8 Å². The van der Waals surface area contributed by atoms with Gasteiger partial charge in [0, 0.05) is 12.8 Å². The molecule has 260 valence electrons. The molecule has 44 heavy (non-hydrogen) atoms. The van der Waals surface area contributed by atoms with Gasteiger partial charge in [0.15, 0.2) is 0 Å². The summed E-state index contributed by atoms with van der Waals surface area (Å²) in [5.41, 5.74) is 0. The van der Waals surface area contributed by atoms with Crippen LogP contribution in [0.4, 0.5) is 0 Å². The van der Waals surface area contributed by atoms with E-state index < -0.39 is 5.97 Å². The van der Waals surface area contributed by atoms with Gasteiger partial charge in [-0.3, -0.25) is 9.59 Å². The van der Waals surface area contributed by atoms with Crippen LogP contribution in [0.15, 0.2) is 12.2 Å². The number of hydrogen-bond acceptors (Lipinski definition) is 3. The Morgan fingerprint density at radius 2 is 0.864 bits per heavy atom. The van der Waals surface area contributed by atoms with Crippen LogP contribution in [0.25, 0.3) is 0 Å². The third-order valence-electron chi connectivity index (χ3n) is 8.97. The van der Waals surface area contributed by atoms with Crippen molar-refractivity contribution in [2.24, 2.45) is 0 Å². The number of carbonyl (C=O) groups excluding carboxylic acids is 1. The van der Waals surface area contributed by atoms with Gasteiger partial charge in [-0.2, -0.15) is 0 Å². The minimum absolute atomic E-state index is 0.0136. The molecule has 0 aliphatic carbocycles. The number of rotatable bonds is 36. The smallest absolute Gasteiger partial charge is 0.306 e. The molecule has 0 aromatic heterocycles. The minimum Gasteiger partial charge on any atom is -0.481 e. The molecule has 4 nitrogen and oxygen atoms in total. The van der Waals surface area contributed by atoms with Crippen molar-refractivity contribution in [2.75, 3.05) is 0 Å². The first-order valence-electron chi connectivity index (χ1n) is 19.7. The predicted molar refractivity (Wildman–Crippen MR) is 190 cm³/mol. The van der Waals surface area contributed by atoms with Gasteiger partial charge in [0.1, 0.15) is 6.10 Å². The fourth-order valence-corrected chi connectivity index (χ4v) is 6.12. The van der Waals surface area contributed by atoms with Gasteiger partial charge in [0.25, 0.3) is 0 Å². The van der Waals surface area contributed by atoms with Crippen LogP contribution in [0.1, 0.15) is 226 Å². The van der Waals surface area contributed by atoms with E-state index in [2.05, 4.69) is 26.0 Å². The number of unbranched alkanes of at least 4 members (excludes halogenated alkanes) is 25. The quantitative estimate of drug-likeness (QED) is 0.0430. The molecule has 0 amide bonds. The second kappa shape index (κ2) is 36.2. The van der Waals surface area contributed by atoms with Crippen LogP contribution in [0.5, 0.6) is 0 Å². The van der Waals surface area contributed by atoms with Crippen molar-refractivity contribution in [3.8, 4) is 0 Å². The molecule has 0 saturated heterocycles. The van der Waals surface area contributed by atoms with E-state index in [4.69, 9.17) is 9.84 Å². The number of esters is 1. The van der Waals surface area contributed by atoms with Crippen molar-refractivity contribution in [3.05, 3.63) is 12.2 Å². The van der Waals surface area contributed by atoms with Gasteiger partial charge in [0.2, 0.25) is 0 Å². The largest absolute Gasteiger partial charge is 0.481 e. The van der Waals surface area contributed by atoms with Gasteiger partial charge in [-0.1, -0.05) is 167 Å². The van der Waals surface area contributed by atoms with Gasteiger partial charge < -0.3 is 9.84 Å². The topological polar surface area (TPSA) is 63.6 Å². The average molecular weight is 621 g/mol. The third kappa shape index (κ3) is 35.2. The van der Waals surface area contributed by atoms with Gasteiger partial charge in [-0.15, -0.1) is 0 Å². The second-order valence-corrected chi connectivity index (χ2v) is 13.5. The van der Waals surface area contributed by atoms with E-state index in [0.717, 1.165) is 57.8 Å². The first-order chi connectivity index (χ1) is 21.6. The van der Waals surface area contributed by atoms with Crippen molar-refractivity contribution in [1.82, 2.24) is 0 Å². The van der Waals surface area contributed by atoms with E-state index in [-0.39, 0.29) is 12.1 Å². The van der Waals surface area contributed by atoms with Crippen molar-refractivity contribution in [3.63, 3.8) is 0 Å². The molecule has 0 rings (SSSR count). The summed E-state index contributed by atoms with van der Waals surface area (Å²) in [6.07, 6.45) is 44.4. The second-order valence-electron chi connectivity index (χ2n) is 13.5. The number of aliphatic carboxylic acids is 1. The summed E-state index contributed by atoms with van der Waals surface area (Å²) in [5.74, 6) is -0.665. The molecule has 1 N–H and O–H groups in total. The monoisotopic (exact) mass is 621 g/mol. The predicted octanol–water partition coefficient (Wildman–Crippen LogP) is 13.5. The summed E-state index contributed by atoms with van der Waals surface area (Å²) in [7, 11) is 0. The Morgan fingerprint density at radius 3 is 1.30 bits per heavy atom. The Hall–Kier alpha value is -1.32. The molecule has 0 spiro atoms. The van der Waals surface area contributed by atoms with Crippen molar-refractivity contribution < 1.29 is 19.4 Å². The minimum atomic E-state index is -0.679. The highest BCUT2D eigenvalue weighted by Crippen LogP contribution is 2.17. The average Bonchev–Trinajstić information content (AvgIpc) is 3.00. The van der Waals surface area contributed by atoms with Crippen molar-refractivity contribution >= 4 is 11.9 Å². The van der Waals surface area contributed by atoms with Crippen molar-refractivity contribution in [1.29, 1.82) is 0 Å². The lowest BCUT2D eigenvalue weighted by Gasteiger charge is -2.17. The van der Waals surface area contributed by atoms with Gasteiger partial charge in [-0.05, 0) is 57.8 Å². The Kier molecular flexibility index (Phi) is 35.1. The third-order valence-corrected chi connectivity index (χ3v) is 8.97. The maximum Gasteiger partial charge on any atom is 0.306 e.